The van der Waals surface area contributed by atoms with Crippen LogP contribution in [0.15, 0.2) is 0 Å². The van der Waals surface area contributed by atoms with E-state index in [0.717, 1.165) is 26.2 Å². The summed E-state index contributed by atoms with van der Waals surface area (Å²) in [5, 5.41) is 4.67. The number of hydrogen-bond acceptors (Lipinski definition) is 5. The van der Waals surface area contributed by atoms with E-state index >= 15 is 0 Å². The largest absolute Gasteiger partial charge is 0.346 e. The molecule has 21 heavy (non-hydrogen) atoms. The van der Waals surface area contributed by atoms with Crippen molar-refractivity contribution >= 4 is 16.5 Å². The predicted octanol–water partition coefficient (Wildman–Crippen LogP) is 2.66. The molecular formula is C16H28N4S. The van der Waals surface area contributed by atoms with Crippen molar-refractivity contribution in [3.8, 4) is 0 Å². The number of aryl methyl sites for hydroxylation is 1. The topological polar surface area (TPSA) is 31.4 Å². The zero-order valence-electron chi connectivity index (χ0n) is 13.8. The summed E-state index contributed by atoms with van der Waals surface area (Å²) < 4.78 is 0. The van der Waals surface area contributed by atoms with E-state index in [1.54, 1.807) is 0 Å². The lowest BCUT2D eigenvalue weighted by Crippen LogP contribution is -2.53. The number of hydrogen-bond donors (Lipinski definition) is 1. The van der Waals surface area contributed by atoms with Gasteiger partial charge in [-0.05, 0) is 47.1 Å². The Morgan fingerprint density at radius 3 is 2.52 bits per heavy atom. The molecule has 1 aromatic heterocycles. The first kappa shape index (κ1) is 15.3. The molecule has 118 valence electrons. The minimum absolute atomic E-state index is 0.283. The molecule has 1 fully saturated rings. The predicted molar refractivity (Wildman–Crippen MR) is 90.4 cm³/mol. The summed E-state index contributed by atoms with van der Waals surface area (Å²) >= 11 is 1.93. The van der Waals surface area contributed by atoms with E-state index in [2.05, 4.69) is 42.9 Å². The number of piperazine rings is 1. The molecular weight excluding hydrogens is 280 g/mol. The molecule has 0 bridgehead atoms. The second-order valence-electron chi connectivity index (χ2n) is 7.18. The summed E-state index contributed by atoms with van der Waals surface area (Å²) in [5.41, 5.74) is 1.60. The van der Waals surface area contributed by atoms with Crippen LogP contribution in [-0.2, 0) is 6.42 Å². The summed E-state index contributed by atoms with van der Waals surface area (Å²) in [4.78, 5) is 11.5. The first-order chi connectivity index (χ1) is 9.99. The first-order valence-electron chi connectivity index (χ1n) is 8.16. The fraction of sp³-hybridized carbons (Fsp3) is 0.812. The second-order valence-corrected chi connectivity index (χ2v) is 8.25. The smallest absolute Gasteiger partial charge is 0.185 e. The lowest BCUT2D eigenvalue weighted by Gasteiger charge is -2.42. The van der Waals surface area contributed by atoms with Crippen molar-refractivity contribution in [3.63, 3.8) is 0 Å². The van der Waals surface area contributed by atoms with E-state index < -0.39 is 0 Å². The zero-order chi connectivity index (χ0) is 15.0. The van der Waals surface area contributed by atoms with Crippen molar-refractivity contribution in [1.82, 2.24) is 15.2 Å². The van der Waals surface area contributed by atoms with E-state index in [1.165, 1.54) is 35.0 Å². The van der Waals surface area contributed by atoms with Gasteiger partial charge in [-0.25, -0.2) is 4.98 Å². The Morgan fingerprint density at radius 1 is 1.19 bits per heavy atom. The summed E-state index contributed by atoms with van der Waals surface area (Å²) in [6.07, 6.45) is 3.73. The van der Waals surface area contributed by atoms with Crippen molar-refractivity contribution in [2.75, 3.05) is 38.1 Å². The van der Waals surface area contributed by atoms with E-state index in [-0.39, 0.29) is 5.54 Å². The van der Waals surface area contributed by atoms with Gasteiger partial charge in [0.25, 0.3) is 0 Å². The molecule has 1 aliphatic carbocycles. The van der Waals surface area contributed by atoms with E-state index in [9.17, 15) is 0 Å². The van der Waals surface area contributed by atoms with Crippen LogP contribution in [0.5, 0.6) is 0 Å². The highest BCUT2D eigenvalue weighted by Crippen LogP contribution is 2.37. The van der Waals surface area contributed by atoms with Gasteiger partial charge in [0.1, 0.15) is 0 Å². The Morgan fingerprint density at radius 2 is 1.90 bits per heavy atom. The molecule has 0 aromatic carbocycles. The monoisotopic (exact) mass is 308 g/mol. The molecule has 4 nitrogen and oxygen atoms in total. The normalized spacial score (nSPS) is 24.2. The van der Waals surface area contributed by atoms with Crippen LogP contribution in [0, 0.1) is 0 Å². The molecule has 1 unspecified atom stereocenters. The van der Waals surface area contributed by atoms with Crippen LogP contribution < -0.4 is 10.2 Å². The number of aromatic nitrogens is 1. The van der Waals surface area contributed by atoms with Crippen LogP contribution in [0.2, 0.25) is 0 Å². The third-order valence-electron chi connectivity index (χ3n) is 4.79. The molecule has 1 saturated heterocycles. The Balaban J connectivity index is 1.70. The van der Waals surface area contributed by atoms with Gasteiger partial charge in [0.2, 0.25) is 0 Å². The average Bonchev–Trinajstić information content (AvgIpc) is 2.90. The number of rotatable bonds is 2. The quantitative estimate of drug-likeness (QED) is 0.910. The molecule has 5 heteroatoms. The molecule has 1 aliphatic heterocycles. The fourth-order valence-electron chi connectivity index (χ4n) is 3.39. The number of anilines is 1. The maximum absolute atomic E-state index is 4.98. The molecule has 0 saturated carbocycles. The van der Waals surface area contributed by atoms with Gasteiger partial charge in [-0.15, -0.1) is 11.3 Å². The molecule has 2 aliphatic rings. The highest BCUT2D eigenvalue weighted by molar-refractivity contribution is 7.15. The SMILES string of the molecule is CNC1CCCc2sc(N3CCN(C(C)(C)C)CC3)nc21. The van der Waals surface area contributed by atoms with Gasteiger partial charge >= 0.3 is 0 Å². The van der Waals surface area contributed by atoms with Gasteiger partial charge in [-0.2, -0.15) is 0 Å². The van der Waals surface area contributed by atoms with Gasteiger partial charge in [0.15, 0.2) is 5.13 Å². The van der Waals surface area contributed by atoms with Crippen LogP contribution in [-0.4, -0.2) is 48.6 Å². The van der Waals surface area contributed by atoms with Gasteiger partial charge in [-0.3, -0.25) is 4.90 Å². The van der Waals surface area contributed by atoms with E-state index in [0.29, 0.717) is 6.04 Å². The molecule has 1 atom stereocenters. The third-order valence-corrected chi connectivity index (χ3v) is 5.98. The highest BCUT2D eigenvalue weighted by atomic mass is 32.1. The molecule has 0 amide bonds. The molecule has 1 aromatic rings. The average molecular weight is 308 g/mol. The van der Waals surface area contributed by atoms with Crippen LogP contribution in [0.25, 0.3) is 0 Å². The van der Waals surface area contributed by atoms with Crippen molar-refractivity contribution < 1.29 is 0 Å². The van der Waals surface area contributed by atoms with Gasteiger partial charge in [0, 0.05) is 36.6 Å². The summed E-state index contributed by atoms with van der Waals surface area (Å²) in [7, 11) is 2.06. The molecule has 1 N–H and O–H groups in total. The third kappa shape index (κ3) is 3.10. The Hall–Kier alpha value is -0.650. The minimum Gasteiger partial charge on any atom is -0.346 e. The van der Waals surface area contributed by atoms with Crippen LogP contribution in [0.4, 0.5) is 5.13 Å². The summed E-state index contributed by atoms with van der Waals surface area (Å²) in [5.74, 6) is 0. The molecule has 3 rings (SSSR count). The minimum atomic E-state index is 0.283. The number of thiazole rings is 1. The first-order valence-corrected chi connectivity index (χ1v) is 8.97. The summed E-state index contributed by atoms with van der Waals surface area (Å²) in [6.45, 7) is 11.4. The van der Waals surface area contributed by atoms with Crippen LogP contribution in [0.1, 0.15) is 50.2 Å². The van der Waals surface area contributed by atoms with Crippen molar-refractivity contribution in [2.45, 2.75) is 51.6 Å². The Bertz CT molecular complexity index is 483. The molecule has 0 radical (unpaired) electrons. The van der Waals surface area contributed by atoms with Gasteiger partial charge in [0.05, 0.1) is 11.7 Å². The number of nitrogens with zero attached hydrogens (tertiary/aromatic N) is 3. The molecule has 2 heterocycles. The van der Waals surface area contributed by atoms with E-state index in [4.69, 9.17) is 4.98 Å². The molecule has 0 spiro atoms. The lowest BCUT2D eigenvalue weighted by atomic mass is 9.98. The maximum Gasteiger partial charge on any atom is 0.185 e. The van der Waals surface area contributed by atoms with Crippen LogP contribution >= 0.6 is 11.3 Å². The summed E-state index contributed by atoms with van der Waals surface area (Å²) in [6, 6.07) is 0.467. The fourth-order valence-corrected chi connectivity index (χ4v) is 4.61. The maximum atomic E-state index is 4.98. The lowest BCUT2D eigenvalue weighted by molar-refractivity contribution is 0.128. The van der Waals surface area contributed by atoms with Crippen LogP contribution in [0.3, 0.4) is 0 Å². The van der Waals surface area contributed by atoms with E-state index in [1.807, 2.05) is 11.3 Å². The standard InChI is InChI=1S/C16H28N4S/c1-16(2,3)20-10-8-19(9-11-20)15-18-14-12(17-4)6-5-7-13(14)21-15/h12,17H,5-11H2,1-4H3. The van der Waals surface area contributed by atoms with Crippen molar-refractivity contribution in [1.29, 1.82) is 0 Å². The van der Waals surface area contributed by atoms with Gasteiger partial charge in [-0.1, -0.05) is 0 Å². The Labute approximate surface area is 132 Å². The van der Waals surface area contributed by atoms with Gasteiger partial charge < -0.3 is 10.2 Å². The van der Waals surface area contributed by atoms with Crippen molar-refractivity contribution in [2.24, 2.45) is 0 Å². The highest BCUT2D eigenvalue weighted by Gasteiger charge is 2.29. The van der Waals surface area contributed by atoms with Crippen molar-refractivity contribution in [3.05, 3.63) is 10.6 Å². The number of fused-ring (bicyclic) bond motifs is 1. The zero-order valence-corrected chi connectivity index (χ0v) is 14.6. The second kappa shape index (κ2) is 5.86. The Kier molecular flexibility index (Phi) is 4.26. The number of nitrogens with one attached hydrogen (secondary N) is 1.